The number of hydrogen-bond acceptors (Lipinski definition) is 4. The molecule has 0 aliphatic rings. The van der Waals surface area contributed by atoms with E-state index in [1.54, 1.807) is 6.07 Å². The van der Waals surface area contributed by atoms with Crippen molar-refractivity contribution >= 4 is 27.7 Å². The van der Waals surface area contributed by atoms with E-state index in [-0.39, 0.29) is 5.91 Å². The smallest absolute Gasteiger partial charge is 0.221 e. The predicted molar refractivity (Wildman–Crippen MR) is 66.3 cm³/mol. The molecule has 1 amide bonds. The fourth-order valence-electron chi connectivity index (χ4n) is 1.21. The third-order valence-corrected chi connectivity index (χ3v) is 2.25. The Kier molecular flexibility index (Phi) is 5.18. The van der Waals surface area contributed by atoms with Crippen LogP contribution >= 0.6 is 15.9 Å². The summed E-state index contributed by atoms with van der Waals surface area (Å²) in [5.74, 6) is 1.46. The Morgan fingerprint density at radius 2 is 2.25 bits per heavy atom. The molecule has 1 rings (SSSR count). The molecule has 0 aliphatic heterocycles. The first kappa shape index (κ1) is 12.9. The van der Waals surface area contributed by atoms with Gasteiger partial charge in [0.1, 0.15) is 16.2 Å². The van der Waals surface area contributed by atoms with Gasteiger partial charge in [-0.25, -0.2) is 9.97 Å². The van der Waals surface area contributed by atoms with E-state index >= 15 is 0 Å². The Labute approximate surface area is 103 Å². The maximum absolute atomic E-state index is 11.2. The van der Waals surface area contributed by atoms with Crippen molar-refractivity contribution in [1.82, 2.24) is 15.3 Å². The highest BCUT2D eigenvalue weighted by atomic mass is 79.9. The number of aromatic nitrogens is 2. The van der Waals surface area contributed by atoms with Crippen LogP contribution in [0.1, 0.15) is 19.2 Å². The first-order valence-corrected chi connectivity index (χ1v) is 5.93. The predicted octanol–water partition coefficient (Wildman–Crippen LogP) is 1.49. The van der Waals surface area contributed by atoms with Crippen molar-refractivity contribution in [3.8, 4) is 0 Å². The fraction of sp³-hybridized carbons (Fsp3) is 0.500. The van der Waals surface area contributed by atoms with Crippen LogP contribution < -0.4 is 10.6 Å². The molecule has 6 heteroatoms. The van der Waals surface area contributed by atoms with Crippen LogP contribution in [0.5, 0.6) is 0 Å². The number of hydrogen-bond donors (Lipinski definition) is 2. The molecule has 16 heavy (non-hydrogen) atoms. The van der Waals surface area contributed by atoms with Crippen molar-refractivity contribution < 1.29 is 4.79 Å². The highest BCUT2D eigenvalue weighted by Crippen LogP contribution is 2.11. The monoisotopic (exact) mass is 286 g/mol. The lowest BCUT2D eigenvalue weighted by atomic mass is 10.4. The highest BCUT2D eigenvalue weighted by molar-refractivity contribution is 9.10. The molecule has 0 saturated carbocycles. The molecule has 0 spiro atoms. The van der Waals surface area contributed by atoms with Crippen LogP contribution in [-0.2, 0) is 4.79 Å². The van der Waals surface area contributed by atoms with Gasteiger partial charge in [0.2, 0.25) is 5.91 Å². The topological polar surface area (TPSA) is 66.9 Å². The van der Waals surface area contributed by atoms with Gasteiger partial charge in [0.25, 0.3) is 0 Å². The lowest BCUT2D eigenvalue weighted by Crippen LogP contribution is -2.24. The minimum absolute atomic E-state index is 0.0415. The molecule has 0 atom stereocenters. The number of rotatable bonds is 5. The van der Waals surface area contributed by atoms with Gasteiger partial charge in [-0.05, 0) is 29.8 Å². The largest absolute Gasteiger partial charge is 0.369 e. The van der Waals surface area contributed by atoms with Crippen LogP contribution in [0, 0.1) is 6.92 Å². The van der Waals surface area contributed by atoms with Crippen molar-refractivity contribution in [2.45, 2.75) is 20.3 Å². The van der Waals surface area contributed by atoms with E-state index in [9.17, 15) is 4.79 Å². The van der Waals surface area contributed by atoms with Crippen LogP contribution in [-0.4, -0.2) is 29.0 Å². The van der Waals surface area contributed by atoms with Crippen LogP contribution in [0.15, 0.2) is 10.7 Å². The summed E-state index contributed by atoms with van der Waals surface area (Å²) in [6.07, 6.45) is 0.439. The number of carbonyl (C=O) groups excluding carboxylic acids is 1. The second-order valence-electron chi connectivity index (χ2n) is 3.25. The minimum Gasteiger partial charge on any atom is -0.369 e. The van der Waals surface area contributed by atoms with Gasteiger partial charge in [-0.1, -0.05) is 0 Å². The van der Waals surface area contributed by atoms with E-state index in [2.05, 4.69) is 36.5 Å². The summed E-state index contributed by atoms with van der Waals surface area (Å²) in [5.41, 5.74) is 0. The molecule has 1 aromatic rings. The lowest BCUT2D eigenvalue weighted by Gasteiger charge is -2.06. The van der Waals surface area contributed by atoms with Gasteiger partial charge in [0.15, 0.2) is 0 Å². The van der Waals surface area contributed by atoms with Crippen LogP contribution in [0.2, 0.25) is 0 Å². The molecule has 2 N–H and O–H groups in total. The van der Waals surface area contributed by atoms with E-state index in [0.717, 1.165) is 10.4 Å². The van der Waals surface area contributed by atoms with Crippen molar-refractivity contribution in [3.63, 3.8) is 0 Å². The molecule has 0 radical (unpaired) electrons. The summed E-state index contributed by atoms with van der Waals surface area (Å²) in [4.78, 5) is 19.5. The second kappa shape index (κ2) is 6.42. The van der Waals surface area contributed by atoms with Crippen LogP contribution in [0.25, 0.3) is 0 Å². The Morgan fingerprint density at radius 3 is 2.88 bits per heavy atom. The SMILES string of the molecule is CCNC(=O)CCNc1cc(Br)nc(C)n1. The molecule has 0 fully saturated rings. The van der Waals surface area contributed by atoms with E-state index in [1.807, 2.05) is 13.8 Å². The summed E-state index contributed by atoms with van der Waals surface area (Å²) in [6, 6.07) is 1.78. The third-order valence-electron chi connectivity index (χ3n) is 1.84. The Balaban J connectivity index is 2.40. The molecule has 0 saturated heterocycles. The molecule has 0 unspecified atom stereocenters. The van der Waals surface area contributed by atoms with Crippen molar-refractivity contribution in [1.29, 1.82) is 0 Å². The van der Waals surface area contributed by atoms with Crippen molar-refractivity contribution in [2.75, 3.05) is 18.4 Å². The summed E-state index contributed by atoms with van der Waals surface area (Å²) >= 11 is 3.29. The summed E-state index contributed by atoms with van der Waals surface area (Å²) in [7, 11) is 0. The van der Waals surface area contributed by atoms with Crippen molar-refractivity contribution in [3.05, 3.63) is 16.5 Å². The average molecular weight is 287 g/mol. The third kappa shape index (κ3) is 4.57. The van der Waals surface area contributed by atoms with Gasteiger partial charge in [-0.15, -0.1) is 0 Å². The molecular weight excluding hydrogens is 272 g/mol. The van der Waals surface area contributed by atoms with Gasteiger partial charge >= 0.3 is 0 Å². The summed E-state index contributed by atoms with van der Waals surface area (Å²) in [6.45, 7) is 4.95. The Bertz CT molecular complexity index is 350. The summed E-state index contributed by atoms with van der Waals surface area (Å²) in [5, 5.41) is 5.81. The molecule has 1 heterocycles. The first-order chi connectivity index (χ1) is 7.61. The van der Waals surface area contributed by atoms with E-state index in [1.165, 1.54) is 0 Å². The molecular formula is C10H15BrN4O. The molecule has 0 aliphatic carbocycles. The van der Waals surface area contributed by atoms with E-state index in [4.69, 9.17) is 0 Å². The zero-order valence-electron chi connectivity index (χ0n) is 9.38. The number of carbonyl (C=O) groups is 1. The number of halogens is 1. The molecule has 5 nitrogen and oxygen atoms in total. The zero-order valence-corrected chi connectivity index (χ0v) is 11.0. The average Bonchev–Trinajstić information content (AvgIpc) is 2.16. The number of amides is 1. The number of nitrogens with one attached hydrogen (secondary N) is 2. The van der Waals surface area contributed by atoms with Gasteiger partial charge in [0.05, 0.1) is 0 Å². The maximum Gasteiger partial charge on any atom is 0.221 e. The zero-order chi connectivity index (χ0) is 12.0. The second-order valence-corrected chi connectivity index (χ2v) is 4.07. The highest BCUT2D eigenvalue weighted by Gasteiger charge is 2.01. The van der Waals surface area contributed by atoms with Crippen molar-refractivity contribution in [2.24, 2.45) is 0 Å². The Hall–Kier alpha value is -1.17. The van der Waals surface area contributed by atoms with E-state index in [0.29, 0.717) is 25.3 Å². The molecule has 88 valence electrons. The maximum atomic E-state index is 11.2. The lowest BCUT2D eigenvalue weighted by molar-refractivity contribution is -0.120. The Morgan fingerprint density at radius 1 is 1.50 bits per heavy atom. The molecule has 1 aromatic heterocycles. The van der Waals surface area contributed by atoms with Gasteiger partial charge < -0.3 is 10.6 Å². The normalized spacial score (nSPS) is 9.94. The first-order valence-electron chi connectivity index (χ1n) is 5.13. The van der Waals surface area contributed by atoms with Gasteiger partial charge in [-0.3, -0.25) is 4.79 Å². The van der Waals surface area contributed by atoms with Gasteiger partial charge in [0, 0.05) is 25.6 Å². The van der Waals surface area contributed by atoms with E-state index < -0.39 is 0 Å². The molecule has 0 aromatic carbocycles. The minimum atomic E-state index is 0.0415. The number of anilines is 1. The number of aryl methyl sites for hydroxylation is 1. The fourth-order valence-corrected chi connectivity index (χ4v) is 1.68. The van der Waals surface area contributed by atoms with Crippen LogP contribution in [0.3, 0.4) is 0 Å². The van der Waals surface area contributed by atoms with Crippen LogP contribution in [0.4, 0.5) is 5.82 Å². The quantitative estimate of drug-likeness (QED) is 0.805. The standard InChI is InChI=1S/C10H15BrN4O/c1-3-12-10(16)4-5-13-9-6-8(11)14-7(2)15-9/h6H,3-5H2,1-2H3,(H,12,16)(H,13,14,15). The molecule has 0 bridgehead atoms. The number of nitrogens with zero attached hydrogens (tertiary/aromatic N) is 2. The summed E-state index contributed by atoms with van der Waals surface area (Å²) < 4.78 is 0.737. The van der Waals surface area contributed by atoms with Gasteiger partial charge in [-0.2, -0.15) is 0 Å².